The summed E-state index contributed by atoms with van der Waals surface area (Å²) >= 11 is 5.01. The molecule has 0 aliphatic rings. The lowest BCUT2D eigenvalue weighted by Crippen LogP contribution is -2.40. The van der Waals surface area contributed by atoms with Crippen LogP contribution in [-0.4, -0.2) is 64.0 Å². The van der Waals surface area contributed by atoms with Crippen molar-refractivity contribution in [2.75, 3.05) is 46.2 Å². The van der Waals surface area contributed by atoms with Gasteiger partial charge in [-0.15, -0.1) is 0 Å². The molecule has 18 heavy (non-hydrogen) atoms. The second-order valence-corrected chi connectivity index (χ2v) is 6.54. The molecule has 0 unspecified atom stereocenters. The van der Waals surface area contributed by atoms with Gasteiger partial charge in [0, 0.05) is 40.4 Å². The quantitative estimate of drug-likeness (QED) is 0.452. The van der Waals surface area contributed by atoms with Crippen LogP contribution in [0.3, 0.4) is 0 Å². The van der Waals surface area contributed by atoms with E-state index in [2.05, 4.69) is 10.6 Å². The van der Waals surface area contributed by atoms with Crippen molar-refractivity contribution in [1.29, 1.82) is 0 Å². The topological polar surface area (TPSA) is 70.7 Å². The number of hydrogen-bond donors (Lipinski definition) is 2. The van der Waals surface area contributed by atoms with Crippen LogP contribution < -0.4 is 10.6 Å². The maximum absolute atomic E-state index is 11.4. The summed E-state index contributed by atoms with van der Waals surface area (Å²) in [6.07, 6.45) is 0.867. The number of ether oxygens (including phenoxy) is 1. The zero-order valence-electron chi connectivity index (χ0n) is 11.2. The molecule has 0 fully saturated rings. The maximum atomic E-state index is 11.4. The van der Waals surface area contributed by atoms with E-state index >= 15 is 0 Å². The van der Waals surface area contributed by atoms with Gasteiger partial charge in [0.05, 0.1) is 5.75 Å². The third-order valence-corrected chi connectivity index (χ3v) is 4.28. The van der Waals surface area contributed by atoms with E-state index in [-0.39, 0.29) is 5.75 Å². The lowest BCUT2D eigenvalue weighted by Gasteiger charge is -2.13. The largest absolute Gasteiger partial charge is 0.382 e. The predicted molar refractivity (Wildman–Crippen MR) is 77.2 cm³/mol. The summed E-state index contributed by atoms with van der Waals surface area (Å²) < 4.78 is 29.3. The summed E-state index contributed by atoms with van der Waals surface area (Å²) in [5, 5.41) is 6.32. The molecule has 108 valence electrons. The Labute approximate surface area is 115 Å². The van der Waals surface area contributed by atoms with Gasteiger partial charge in [0.1, 0.15) is 0 Å². The molecule has 0 spiro atoms. The fraction of sp³-hybridized carbons (Fsp3) is 0.900. The van der Waals surface area contributed by atoms with Crippen molar-refractivity contribution in [2.45, 2.75) is 13.3 Å². The summed E-state index contributed by atoms with van der Waals surface area (Å²) in [5.41, 5.74) is 0. The van der Waals surface area contributed by atoms with Crippen LogP contribution in [-0.2, 0) is 14.8 Å². The molecule has 2 N–H and O–H groups in total. The van der Waals surface area contributed by atoms with Crippen molar-refractivity contribution in [3.63, 3.8) is 0 Å². The van der Waals surface area contributed by atoms with Gasteiger partial charge in [-0.1, -0.05) is 0 Å². The van der Waals surface area contributed by atoms with E-state index in [0.717, 1.165) is 6.42 Å². The summed E-state index contributed by atoms with van der Waals surface area (Å²) in [6.45, 7) is 4.38. The van der Waals surface area contributed by atoms with Crippen molar-refractivity contribution in [3.05, 3.63) is 0 Å². The van der Waals surface area contributed by atoms with Crippen molar-refractivity contribution < 1.29 is 13.2 Å². The number of nitrogens with one attached hydrogen (secondary N) is 2. The van der Waals surface area contributed by atoms with E-state index in [1.165, 1.54) is 18.4 Å². The minimum Gasteiger partial charge on any atom is -0.382 e. The normalized spacial score (nSPS) is 11.6. The van der Waals surface area contributed by atoms with Crippen molar-refractivity contribution in [2.24, 2.45) is 0 Å². The van der Waals surface area contributed by atoms with Crippen LogP contribution in [0.2, 0.25) is 0 Å². The third-order valence-electron chi connectivity index (χ3n) is 2.16. The molecule has 0 aliphatic carbocycles. The van der Waals surface area contributed by atoms with Gasteiger partial charge in [0.15, 0.2) is 5.11 Å². The lowest BCUT2D eigenvalue weighted by atomic mass is 10.4. The standard InChI is InChI=1S/C10H23N3O3S2/c1-4-16-8-5-6-11-10(17)12-7-9-18(14,15)13(2)3/h4-9H2,1-3H3,(H2,11,12,17). The molecule has 0 aromatic rings. The maximum Gasteiger partial charge on any atom is 0.215 e. The van der Waals surface area contributed by atoms with Gasteiger partial charge in [-0.05, 0) is 25.6 Å². The van der Waals surface area contributed by atoms with E-state index in [4.69, 9.17) is 17.0 Å². The molecule has 0 amide bonds. The Morgan fingerprint density at radius 2 is 1.89 bits per heavy atom. The number of nitrogens with zero attached hydrogens (tertiary/aromatic N) is 1. The highest BCUT2D eigenvalue weighted by Crippen LogP contribution is 1.91. The molecule has 0 rings (SSSR count). The predicted octanol–water partition coefficient (Wildman–Crippen LogP) is -0.231. The average molecular weight is 297 g/mol. The van der Waals surface area contributed by atoms with E-state index in [0.29, 0.717) is 31.4 Å². The van der Waals surface area contributed by atoms with Gasteiger partial charge in [-0.2, -0.15) is 0 Å². The molecular weight excluding hydrogens is 274 g/mol. The molecule has 0 saturated heterocycles. The van der Waals surface area contributed by atoms with Gasteiger partial charge in [0.25, 0.3) is 0 Å². The summed E-state index contributed by atoms with van der Waals surface area (Å²) in [6, 6.07) is 0. The number of rotatable bonds is 9. The fourth-order valence-corrected chi connectivity index (χ4v) is 1.99. The first-order valence-electron chi connectivity index (χ1n) is 5.89. The number of thiocarbonyl (C=S) groups is 1. The first kappa shape index (κ1) is 17.6. The van der Waals surface area contributed by atoms with Crippen molar-refractivity contribution in [1.82, 2.24) is 14.9 Å². The Kier molecular flexibility index (Phi) is 9.25. The summed E-state index contributed by atoms with van der Waals surface area (Å²) in [5.74, 6) is 0.0285. The SMILES string of the molecule is CCOCCCNC(=S)NCCS(=O)(=O)N(C)C. The van der Waals surface area contributed by atoms with Gasteiger partial charge >= 0.3 is 0 Å². The average Bonchev–Trinajstić information content (AvgIpc) is 2.28. The Morgan fingerprint density at radius 3 is 2.44 bits per heavy atom. The van der Waals surface area contributed by atoms with Crippen LogP contribution in [0.4, 0.5) is 0 Å². The lowest BCUT2D eigenvalue weighted by molar-refractivity contribution is 0.146. The molecule has 0 saturated carbocycles. The van der Waals surface area contributed by atoms with Crippen LogP contribution in [0.25, 0.3) is 0 Å². The highest BCUT2D eigenvalue weighted by molar-refractivity contribution is 7.89. The van der Waals surface area contributed by atoms with E-state index in [1.54, 1.807) is 0 Å². The van der Waals surface area contributed by atoms with Crippen molar-refractivity contribution >= 4 is 27.4 Å². The van der Waals surface area contributed by atoms with Crippen LogP contribution in [0, 0.1) is 0 Å². The Hall–Kier alpha value is -0.440. The van der Waals surface area contributed by atoms with Crippen molar-refractivity contribution in [3.8, 4) is 0 Å². The highest BCUT2D eigenvalue weighted by Gasteiger charge is 2.12. The molecule has 0 aliphatic heterocycles. The minimum absolute atomic E-state index is 0.0285. The molecule has 6 nitrogen and oxygen atoms in total. The Bertz CT molecular complexity index is 331. The Morgan fingerprint density at radius 1 is 1.28 bits per heavy atom. The molecule has 0 bridgehead atoms. The summed E-state index contributed by atoms with van der Waals surface area (Å²) in [7, 11) is -0.136. The molecule has 0 aromatic carbocycles. The van der Waals surface area contributed by atoms with Gasteiger partial charge < -0.3 is 15.4 Å². The molecule has 0 radical (unpaired) electrons. The highest BCUT2D eigenvalue weighted by atomic mass is 32.2. The van der Waals surface area contributed by atoms with Gasteiger partial charge in [-0.3, -0.25) is 0 Å². The second-order valence-electron chi connectivity index (χ2n) is 3.83. The fourth-order valence-electron chi connectivity index (χ4n) is 1.06. The third kappa shape index (κ3) is 8.62. The summed E-state index contributed by atoms with van der Waals surface area (Å²) in [4.78, 5) is 0. The second kappa shape index (κ2) is 9.48. The molecule has 8 heteroatoms. The number of hydrogen-bond acceptors (Lipinski definition) is 4. The molecule has 0 aromatic heterocycles. The minimum atomic E-state index is -3.16. The zero-order valence-corrected chi connectivity index (χ0v) is 12.9. The van der Waals surface area contributed by atoms with Crippen LogP contribution in [0.5, 0.6) is 0 Å². The van der Waals surface area contributed by atoms with E-state index < -0.39 is 10.0 Å². The van der Waals surface area contributed by atoms with Crippen LogP contribution >= 0.6 is 12.2 Å². The monoisotopic (exact) mass is 297 g/mol. The first-order chi connectivity index (χ1) is 8.40. The van der Waals surface area contributed by atoms with Gasteiger partial charge in [-0.25, -0.2) is 12.7 Å². The molecule has 0 atom stereocenters. The Balaban J connectivity index is 3.60. The smallest absolute Gasteiger partial charge is 0.215 e. The molecular formula is C10H23N3O3S2. The molecule has 0 heterocycles. The first-order valence-corrected chi connectivity index (χ1v) is 7.91. The zero-order chi connectivity index (χ0) is 14.0. The van der Waals surface area contributed by atoms with Crippen LogP contribution in [0.15, 0.2) is 0 Å². The van der Waals surface area contributed by atoms with E-state index in [1.807, 2.05) is 6.92 Å². The van der Waals surface area contributed by atoms with E-state index in [9.17, 15) is 8.42 Å². The number of sulfonamides is 1. The van der Waals surface area contributed by atoms with Crippen LogP contribution in [0.1, 0.15) is 13.3 Å². The van der Waals surface area contributed by atoms with Gasteiger partial charge in [0.2, 0.25) is 10.0 Å².